The Labute approximate surface area is 102 Å². The van der Waals surface area contributed by atoms with Crippen molar-refractivity contribution in [2.45, 2.75) is 25.3 Å². The van der Waals surface area contributed by atoms with Crippen molar-refractivity contribution in [2.24, 2.45) is 5.92 Å². The minimum absolute atomic E-state index is 0.160. The summed E-state index contributed by atoms with van der Waals surface area (Å²) in [6.45, 7) is 3.79. The number of rotatable bonds is 3. The molecule has 5 heteroatoms. The first-order chi connectivity index (χ1) is 8.31. The van der Waals surface area contributed by atoms with E-state index in [9.17, 15) is 4.79 Å². The number of aliphatic hydroxyl groups excluding tert-OH is 1. The minimum atomic E-state index is -0.170. The fraction of sp³-hybridized carbons (Fsp3) is 0.917. The standard InChI is InChI=1S/C12H22N2O3/c15-6-3-10-2-1-5-14(8-10)12(16)11-9-17-7-4-13-11/h10-11,13,15H,1-9H2. The molecule has 2 aliphatic rings. The van der Waals surface area contributed by atoms with Gasteiger partial charge in [-0.1, -0.05) is 0 Å². The van der Waals surface area contributed by atoms with Crippen LogP contribution < -0.4 is 5.32 Å². The molecule has 2 heterocycles. The third-order valence-electron chi connectivity index (χ3n) is 3.59. The van der Waals surface area contributed by atoms with Gasteiger partial charge >= 0.3 is 0 Å². The molecule has 2 N–H and O–H groups in total. The molecule has 0 aromatic carbocycles. The number of nitrogens with one attached hydrogen (secondary N) is 1. The SMILES string of the molecule is O=C(C1COCCN1)N1CCCC(CCO)C1. The zero-order valence-corrected chi connectivity index (χ0v) is 10.2. The number of ether oxygens (including phenoxy) is 1. The maximum absolute atomic E-state index is 12.2. The molecule has 98 valence electrons. The number of carbonyl (C=O) groups excluding carboxylic acids is 1. The summed E-state index contributed by atoms with van der Waals surface area (Å²) in [6, 6.07) is -0.170. The summed E-state index contributed by atoms with van der Waals surface area (Å²) in [5.74, 6) is 0.620. The van der Waals surface area contributed by atoms with E-state index in [1.807, 2.05) is 4.90 Å². The summed E-state index contributed by atoms with van der Waals surface area (Å²) < 4.78 is 5.32. The highest BCUT2D eigenvalue weighted by Gasteiger charge is 2.29. The van der Waals surface area contributed by atoms with Gasteiger partial charge < -0.3 is 20.1 Å². The molecule has 5 nitrogen and oxygen atoms in total. The lowest BCUT2D eigenvalue weighted by atomic mass is 9.94. The van der Waals surface area contributed by atoms with E-state index in [1.165, 1.54) is 0 Å². The number of nitrogens with zero attached hydrogens (tertiary/aromatic N) is 1. The molecular weight excluding hydrogens is 220 g/mol. The molecule has 2 saturated heterocycles. The number of carbonyl (C=O) groups is 1. The molecule has 0 bridgehead atoms. The first-order valence-electron chi connectivity index (χ1n) is 6.52. The van der Waals surface area contributed by atoms with Crippen molar-refractivity contribution < 1.29 is 14.6 Å². The van der Waals surface area contributed by atoms with Crippen molar-refractivity contribution in [3.63, 3.8) is 0 Å². The summed E-state index contributed by atoms with van der Waals surface area (Å²) in [5.41, 5.74) is 0. The molecule has 17 heavy (non-hydrogen) atoms. The minimum Gasteiger partial charge on any atom is -0.396 e. The Kier molecular flexibility index (Phi) is 4.76. The lowest BCUT2D eigenvalue weighted by Crippen LogP contribution is -2.54. The van der Waals surface area contributed by atoms with E-state index in [1.54, 1.807) is 0 Å². The molecule has 2 aliphatic heterocycles. The van der Waals surface area contributed by atoms with Gasteiger partial charge in [-0.2, -0.15) is 0 Å². The Morgan fingerprint density at radius 3 is 3.12 bits per heavy atom. The zero-order chi connectivity index (χ0) is 12.1. The fourth-order valence-corrected chi connectivity index (χ4v) is 2.63. The first kappa shape index (κ1) is 12.8. The summed E-state index contributed by atoms with van der Waals surface area (Å²) >= 11 is 0. The van der Waals surface area contributed by atoms with Crippen LogP contribution in [0, 0.1) is 5.92 Å². The quantitative estimate of drug-likeness (QED) is 0.706. The Morgan fingerprint density at radius 1 is 1.53 bits per heavy atom. The van der Waals surface area contributed by atoms with Gasteiger partial charge in [0.15, 0.2) is 0 Å². The van der Waals surface area contributed by atoms with Gasteiger partial charge in [0.1, 0.15) is 6.04 Å². The van der Waals surface area contributed by atoms with Gasteiger partial charge in [-0.25, -0.2) is 0 Å². The Bertz CT molecular complexity index is 252. The molecule has 0 spiro atoms. The van der Waals surface area contributed by atoms with Gasteiger partial charge in [0.05, 0.1) is 13.2 Å². The normalized spacial score (nSPS) is 30.3. The fourth-order valence-electron chi connectivity index (χ4n) is 2.63. The van der Waals surface area contributed by atoms with Gasteiger partial charge in [0, 0.05) is 26.2 Å². The highest BCUT2D eigenvalue weighted by Crippen LogP contribution is 2.20. The van der Waals surface area contributed by atoms with E-state index in [0.717, 1.165) is 38.9 Å². The summed E-state index contributed by atoms with van der Waals surface area (Å²) in [6.07, 6.45) is 2.97. The second kappa shape index (κ2) is 6.33. The second-order valence-electron chi connectivity index (χ2n) is 4.89. The lowest BCUT2D eigenvalue weighted by molar-refractivity contribution is -0.138. The largest absolute Gasteiger partial charge is 0.396 e. The van der Waals surface area contributed by atoms with E-state index in [2.05, 4.69) is 5.32 Å². The van der Waals surface area contributed by atoms with Crippen molar-refractivity contribution >= 4 is 5.91 Å². The van der Waals surface area contributed by atoms with Crippen molar-refractivity contribution in [3.8, 4) is 0 Å². The van der Waals surface area contributed by atoms with Crippen LogP contribution in [0.4, 0.5) is 0 Å². The molecule has 0 radical (unpaired) electrons. The van der Waals surface area contributed by atoms with Crippen LogP contribution in [0.2, 0.25) is 0 Å². The average Bonchev–Trinajstić information content (AvgIpc) is 2.40. The summed E-state index contributed by atoms with van der Waals surface area (Å²) in [7, 11) is 0. The molecule has 1 amide bonds. The molecular formula is C12H22N2O3. The van der Waals surface area contributed by atoms with Crippen molar-refractivity contribution in [1.29, 1.82) is 0 Å². The van der Waals surface area contributed by atoms with Gasteiger partial charge in [-0.3, -0.25) is 4.79 Å². The number of aliphatic hydroxyl groups is 1. The Balaban J connectivity index is 1.85. The van der Waals surface area contributed by atoms with Gasteiger partial charge in [-0.05, 0) is 25.2 Å². The molecule has 0 saturated carbocycles. The number of hydrogen-bond donors (Lipinski definition) is 2. The van der Waals surface area contributed by atoms with Crippen LogP contribution in [0.1, 0.15) is 19.3 Å². The van der Waals surface area contributed by atoms with Crippen LogP contribution in [0.5, 0.6) is 0 Å². The number of amides is 1. The molecule has 2 fully saturated rings. The molecule has 2 unspecified atom stereocenters. The number of piperidine rings is 1. The van der Waals surface area contributed by atoms with Crippen LogP contribution in [-0.4, -0.2) is 61.4 Å². The monoisotopic (exact) mass is 242 g/mol. The Hall–Kier alpha value is -0.650. The third kappa shape index (κ3) is 3.40. The van der Waals surface area contributed by atoms with Crippen molar-refractivity contribution in [3.05, 3.63) is 0 Å². The zero-order valence-electron chi connectivity index (χ0n) is 10.2. The predicted octanol–water partition coefficient (Wildman–Crippen LogP) is -0.404. The highest BCUT2D eigenvalue weighted by molar-refractivity contribution is 5.82. The maximum Gasteiger partial charge on any atom is 0.242 e. The lowest BCUT2D eigenvalue weighted by Gasteiger charge is -2.36. The van der Waals surface area contributed by atoms with E-state index >= 15 is 0 Å². The molecule has 0 aliphatic carbocycles. The summed E-state index contributed by atoms with van der Waals surface area (Å²) in [4.78, 5) is 14.2. The van der Waals surface area contributed by atoms with E-state index in [0.29, 0.717) is 19.1 Å². The molecule has 0 aromatic rings. The number of morpholine rings is 1. The van der Waals surface area contributed by atoms with E-state index in [4.69, 9.17) is 9.84 Å². The van der Waals surface area contributed by atoms with Crippen molar-refractivity contribution in [1.82, 2.24) is 10.2 Å². The number of hydrogen-bond acceptors (Lipinski definition) is 4. The van der Waals surface area contributed by atoms with Crippen LogP contribution in [-0.2, 0) is 9.53 Å². The average molecular weight is 242 g/mol. The smallest absolute Gasteiger partial charge is 0.242 e. The first-order valence-corrected chi connectivity index (χ1v) is 6.52. The second-order valence-corrected chi connectivity index (χ2v) is 4.89. The van der Waals surface area contributed by atoms with Gasteiger partial charge in [0.25, 0.3) is 0 Å². The van der Waals surface area contributed by atoms with E-state index < -0.39 is 0 Å². The number of likely N-dealkylation sites (tertiary alicyclic amines) is 1. The van der Waals surface area contributed by atoms with Crippen molar-refractivity contribution in [2.75, 3.05) is 39.5 Å². The summed E-state index contributed by atoms with van der Waals surface area (Å²) in [5, 5.41) is 12.2. The topological polar surface area (TPSA) is 61.8 Å². The highest BCUT2D eigenvalue weighted by atomic mass is 16.5. The van der Waals surface area contributed by atoms with Crippen LogP contribution in [0.25, 0.3) is 0 Å². The third-order valence-corrected chi connectivity index (χ3v) is 3.59. The molecule has 0 aromatic heterocycles. The Morgan fingerprint density at radius 2 is 2.41 bits per heavy atom. The van der Waals surface area contributed by atoms with Gasteiger partial charge in [-0.15, -0.1) is 0 Å². The van der Waals surface area contributed by atoms with Crippen LogP contribution in [0.15, 0.2) is 0 Å². The molecule has 2 rings (SSSR count). The molecule has 2 atom stereocenters. The maximum atomic E-state index is 12.2. The predicted molar refractivity (Wildman–Crippen MR) is 63.6 cm³/mol. The van der Waals surface area contributed by atoms with E-state index in [-0.39, 0.29) is 18.6 Å². The van der Waals surface area contributed by atoms with Gasteiger partial charge in [0.2, 0.25) is 5.91 Å². The van der Waals surface area contributed by atoms with Crippen LogP contribution in [0.3, 0.4) is 0 Å². The van der Waals surface area contributed by atoms with Crippen LogP contribution >= 0.6 is 0 Å².